The lowest BCUT2D eigenvalue weighted by Crippen LogP contribution is -2.43. The summed E-state index contributed by atoms with van der Waals surface area (Å²) in [5.41, 5.74) is 0.409. The molecule has 0 amide bonds. The van der Waals surface area contributed by atoms with Crippen LogP contribution in [0.1, 0.15) is 53.9 Å². The van der Waals surface area contributed by atoms with Gasteiger partial charge >= 0.3 is 0 Å². The normalized spacial score (nSPS) is 17.4. The third-order valence-corrected chi connectivity index (χ3v) is 3.75. The number of hydrogen-bond acceptors (Lipinski definition) is 2. The van der Waals surface area contributed by atoms with Crippen molar-refractivity contribution in [2.75, 3.05) is 26.7 Å². The van der Waals surface area contributed by atoms with Gasteiger partial charge in [0.1, 0.15) is 0 Å². The van der Waals surface area contributed by atoms with Crippen molar-refractivity contribution in [2.24, 2.45) is 5.41 Å². The SMILES string of the molecule is CCCC(C)N(C)CC(C)(CC)CNCC. The maximum absolute atomic E-state index is 3.49. The van der Waals surface area contributed by atoms with E-state index >= 15 is 0 Å². The molecule has 0 saturated carbocycles. The summed E-state index contributed by atoms with van der Waals surface area (Å²) in [6.07, 6.45) is 3.82. The standard InChI is InChI=1S/C14H32N2/c1-7-10-13(4)16(6)12-14(5,8-2)11-15-9-3/h13,15H,7-12H2,1-6H3. The fourth-order valence-electron chi connectivity index (χ4n) is 2.12. The highest BCUT2D eigenvalue weighted by Gasteiger charge is 2.24. The molecule has 0 aromatic carbocycles. The maximum Gasteiger partial charge on any atom is 0.00640 e. The zero-order valence-electron chi connectivity index (χ0n) is 12.3. The van der Waals surface area contributed by atoms with Crippen molar-refractivity contribution in [2.45, 2.75) is 59.9 Å². The molecule has 0 aliphatic heterocycles. The Kier molecular flexibility index (Phi) is 8.04. The van der Waals surface area contributed by atoms with E-state index in [1.54, 1.807) is 0 Å². The van der Waals surface area contributed by atoms with Crippen molar-refractivity contribution in [1.82, 2.24) is 10.2 Å². The predicted molar refractivity (Wildman–Crippen MR) is 73.9 cm³/mol. The molecule has 2 unspecified atom stereocenters. The molecule has 0 rings (SSSR count). The van der Waals surface area contributed by atoms with Crippen molar-refractivity contribution < 1.29 is 0 Å². The van der Waals surface area contributed by atoms with Crippen LogP contribution in [0, 0.1) is 5.41 Å². The van der Waals surface area contributed by atoms with Gasteiger partial charge in [0.25, 0.3) is 0 Å². The lowest BCUT2D eigenvalue weighted by atomic mass is 9.86. The van der Waals surface area contributed by atoms with Crippen molar-refractivity contribution in [3.8, 4) is 0 Å². The smallest absolute Gasteiger partial charge is 0.00640 e. The molecule has 0 bridgehead atoms. The molecule has 2 atom stereocenters. The predicted octanol–water partition coefficient (Wildman–Crippen LogP) is 3.13. The Labute approximate surface area is 103 Å². The molecule has 0 aliphatic carbocycles. The van der Waals surface area contributed by atoms with Gasteiger partial charge in [-0.2, -0.15) is 0 Å². The summed E-state index contributed by atoms with van der Waals surface area (Å²) < 4.78 is 0. The Morgan fingerprint density at radius 3 is 2.31 bits per heavy atom. The van der Waals surface area contributed by atoms with Crippen LogP contribution in [0.15, 0.2) is 0 Å². The van der Waals surface area contributed by atoms with E-state index in [9.17, 15) is 0 Å². The topological polar surface area (TPSA) is 15.3 Å². The van der Waals surface area contributed by atoms with Crippen LogP contribution in [0.4, 0.5) is 0 Å². The first kappa shape index (κ1) is 15.9. The molecule has 0 aromatic rings. The van der Waals surface area contributed by atoms with E-state index in [-0.39, 0.29) is 0 Å². The van der Waals surface area contributed by atoms with Gasteiger partial charge in [-0.15, -0.1) is 0 Å². The molecule has 2 nitrogen and oxygen atoms in total. The molecular weight excluding hydrogens is 196 g/mol. The Morgan fingerprint density at radius 1 is 1.25 bits per heavy atom. The number of nitrogens with one attached hydrogen (secondary N) is 1. The molecule has 0 aromatic heterocycles. The van der Waals surface area contributed by atoms with Crippen LogP contribution >= 0.6 is 0 Å². The van der Waals surface area contributed by atoms with E-state index in [0.29, 0.717) is 11.5 Å². The Bertz CT molecular complexity index is 170. The quantitative estimate of drug-likeness (QED) is 0.652. The van der Waals surface area contributed by atoms with E-state index in [0.717, 1.165) is 13.1 Å². The summed E-state index contributed by atoms with van der Waals surface area (Å²) in [5, 5.41) is 3.49. The molecule has 16 heavy (non-hydrogen) atoms. The van der Waals surface area contributed by atoms with E-state index in [1.807, 2.05) is 0 Å². The second kappa shape index (κ2) is 8.08. The Hall–Kier alpha value is -0.0800. The number of nitrogens with zero attached hydrogens (tertiary/aromatic N) is 1. The average Bonchev–Trinajstić information content (AvgIpc) is 2.26. The van der Waals surface area contributed by atoms with Crippen LogP contribution in [0.3, 0.4) is 0 Å². The summed E-state index contributed by atoms with van der Waals surface area (Å²) in [6.45, 7) is 14.9. The van der Waals surface area contributed by atoms with E-state index in [1.165, 1.54) is 25.8 Å². The minimum Gasteiger partial charge on any atom is -0.316 e. The van der Waals surface area contributed by atoms with Gasteiger partial charge in [-0.25, -0.2) is 0 Å². The van der Waals surface area contributed by atoms with Gasteiger partial charge in [-0.3, -0.25) is 0 Å². The third-order valence-electron chi connectivity index (χ3n) is 3.75. The summed E-state index contributed by atoms with van der Waals surface area (Å²) in [5.74, 6) is 0. The molecule has 98 valence electrons. The van der Waals surface area contributed by atoms with Gasteiger partial charge in [0.05, 0.1) is 0 Å². The second-order valence-electron chi connectivity index (χ2n) is 5.50. The fourth-order valence-corrected chi connectivity index (χ4v) is 2.12. The van der Waals surface area contributed by atoms with Crippen molar-refractivity contribution in [3.05, 3.63) is 0 Å². The molecular formula is C14H32N2. The first-order chi connectivity index (χ1) is 7.49. The van der Waals surface area contributed by atoms with Crippen LogP contribution in [0.5, 0.6) is 0 Å². The summed E-state index contributed by atoms with van der Waals surface area (Å²) in [6, 6.07) is 0.706. The molecule has 0 fully saturated rings. The van der Waals surface area contributed by atoms with Gasteiger partial charge in [0, 0.05) is 19.1 Å². The summed E-state index contributed by atoms with van der Waals surface area (Å²) in [7, 11) is 2.26. The Balaban J connectivity index is 4.17. The lowest BCUT2D eigenvalue weighted by molar-refractivity contribution is 0.143. The minimum absolute atomic E-state index is 0.409. The number of hydrogen-bond donors (Lipinski definition) is 1. The maximum atomic E-state index is 3.49. The van der Waals surface area contributed by atoms with Crippen molar-refractivity contribution in [1.29, 1.82) is 0 Å². The molecule has 2 heteroatoms. The molecule has 0 spiro atoms. The van der Waals surface area contributed by atoms with Gasteiger partial charge in [-0.1, -0.05) is 34.1 Å². The molecule has 0 aliphatic rings. The largest absolute Gasteiger partial charge is 0.316 e. The van der Waals surface area contributed by atoms with E-state index in [2.05, 4.69) is 51.9 Å². The minimum atomic E-state index is 0.409. The molecule has 0 radical (unpaired) electrons. The van der Waals surface area contributed by atoms with Crippen LogP contribution in [-0.2, 0) is 0 Å². The molecule has 1 N–H and O–H groups in total. The van der Waals surface area contributed by atoms with Crippen molar-refractivity contribution >= 4 is 0 Å². The fraction of sp³-hybridized carbons (Fsp3) is 1.00. The van der Waals surface area contributed by atoms with Crippen LogP contribution in [0.25, 0.3) is 0 Å². The molecule has 0 saturated heterocycles. The van der Waals surface area contributed by atoms with Gasteiger partial charge in [0.15, 0.2) is 0 Å². The lowest BCUT2D eigenvalue weighted by Gasteiger charge is -2.36. The zero-order valence-corrected chi connectivity index (χ0v) is 12.3. The van der Waals surface area contributed by atoms with Gasteiger partial charge in [-0.05, 0) is 38.8 Å². The van der Waals surface area contributed by atoms with Gasteiger partial charge < -0.3 is 10.2 Å². The van der Waals surface area contributed by atoms with E-state index in [4.69, 9.17) is 0 Å². The zero-order chi connectivity index (χ0) is 12.6. The first-order valence-electron chi connectivity index (χ1n) is 6.90. The van der Waals surface area contributed by atoms with E-state index < -0.39 is 0 Å². The summed E-state index contributed by atoms with van der Waals surface area (Å²) in [4.78, 5) is 2.52. The Morgan fingerprint density at radius 2 is 1.88 bits per heavy atom. The third kappa shape index (κ3) is 5.86. The first-order valence-corrected chi connectivity index (χ1v) is 6.90. The highest BCUT2D eigenvalue weighted by molar-refractivity contribution is 4.80. The highest BCUT2D eigenvalue weighted by Crippen LogP contribution is 2.22. The highest BCUT2D eigenvalue weighted by atomic mass is 15.1. The van der Waals surface area contributed by atoms with Crippen LogP contribution in [0.2, 0.25) is 0 Å². The van der Waals surface area contributed by atoms with Gasteiger partial charge in [0.2, 0.25) is 0 Å². The van der Waals surface area contributed by atoms with Crippen LogP contribution in [-0.4, -0.2) is 37.6 Å². The molecule has 0 heterocycles. The monoisotopic (exact) mass is 228 g/mol. The average molecular weight is 228 g/mol. The van der Waals surface area contributed by atoms with Crippen LogP contribution < -0.4 is 5.32 Å². The second-order valence-corrected chi connectivity index (χ2v) is 5.50. The number of rotatable bonds is 9. The summed E-state index contributed by atoms with van der Waals surface area (Å²) >= 11 is 0. The van der Waals surface area contributed by atoms with Crippen molar-refractivity contribution in [3.63, 3.8) is 0 Å².